The number of methoxy groups -OCH3 is 1. The number of nitrogens with zero attached hydrogens (tertiary/aromatic N) is 2. The number of likely N-dealkylation sites (tertiary alicyclic amines) is 1. The van der Waals surface area contributed by atoms with Crippen molar-refractivity contribution in [1.82, 2.24) is 10.2 Å². The Hall–Kier alpha value is -1.35. The summed E-state index contributed by atoms with van der Waals surface area (Å²) in [5.41, 5.74) is 6.47. The number of piperidine rings is 1. The number of halogens is 1. The van der Waals surface area contributed by atoms with E-state index >= 15 is 0 Å². The van der Waals surface area contributed by atoms with Crippen LogP contribution in [0, 0.1) is 5.92 Å². The second kappa shape index (κ2) is 11.3. The van der Waals surface area contributed by atoms with Gasteiger partial charge < -0.3 is 20.7 Å². The number of carbonyl (C=O) groups excluding carboxylic acids is 1. The summed E-state index contributed by atoms with van der Waals surface area (Å²) < 4.78 is 5.60. The van der Waals surface area contributed by atoms with Crippen LogP contribution in [0.15, 0.2) is 35.3 Å². The normalized spacial score (nSPS) is 19.0. The summed E-state index contributed by atoms with van der Waals surface area (Å²) in [5, 5.41) is 3.40. The molecule has 0 spiro atoms. The molecule has 1 aliphatic rings. The zero-order chi connectivity index (χ0) is 17.4. The van der Waals surface area contributed by atoms with Gasteiger partial charge in [-0.2, -0.15) is 0 Å². The molecule has 1 aromatic rings. The number of nitrogens with two attached hydrogens (primary N) is 1. The van der Waals surface area contributed by atoms with E-state index in [4.69, 9.17) is 10.5 Å². The maximum atomic E-state index is 11.2. The molecule has 2 unspecified atom stereocenters. The Morgan fingerprint density at radius 2 is 2.16 bits per heavy atom. The molecule has 0 saturated carbocycles. The van der Waals surface area contributed by atoms with Crippen molar-refractivity contribution in [2.75, 3.05) is 33.8 Å². The van der Waals surface area contributed by atoms with Crippen LogP contribution in [-0.4, -0.2) is 50.6 Å². The van der Waals surface area contributed by atoms with Gasteiger partial charge in [0.1, 0.15) is 0 Å². The second-order valence-corrected chi connectivity index (χ2v) is 6.19. The number of primary amides is 1. The van der Waals surface area contributed by atoms with Crippen molar-refractivity contribution in [2.24, 2.45) is 16.6 Å². The SMILES string of the molecule is CN=C(NCC(OC)c1ccccc1)N1CCCC(CC(N)=O)C1.I. The molecule has 1 aromatic carbocycles. The van der Waals surface area contributed by atoms with Crippen LogP contribution in [-0.2, 0) is 9.53 Å². The van der Waals surface area contributed by atoms with Crippen LogP contribution in [0.5, 0.6) is 0 Å². The zero-order valence-corrected chi connectivity index (χ0v) is 17.3. The lowest BCUT2D eigenvalue weighted by atomic mass is 9.95. The Kier molecular flexibility index (Phi) is 9.81. The van der Waals surface area contributed by atoms with E-state index in [2.05, 4.69) is 27.3 Å². The highest BCUT2D eigenvalue weighted by Gasteiger charge is 2.24. The van der Waals surface area contributed by atoms with Crippen LogP contribution < -0.4 is 11.1 Å². The fraction of sp³-hybridized carbons (Fsp3) is 0.556. The molecule has 2 rings (SSSR count). The first kappa shape index (κ1) is 21.7. The van der Waals surface area contributed by atoms with E-state index < -0.39 is 0 Å². The lowest BCUT2D eigenvalue weighted by Gasteiger charge is -2.35. The molecule has 1 heterocycles. The zero-order valence-electron chi connectivity index (χ0n) is 15.0. The summed E-state index contributed by atoms with van der Waals surface area (Å²) in [7, 11) is 3.50. The van der Waals surface area contributed by atoms with E-state index in [1.54, 1.807) is 14.2 Å². The average Bonchev–Trinajstić information content (AvgIpc) is 2.59. The molecule has 1 aliphatic heterocycles. The minimum Gasteiger partial charge on any atom is -0.375 e. The molecule has 0 radical (unpaired) electrons. The van der Waals surface area contributed by atoms with Gasteiger partial charge in [0.15, 0.2) is 5.96 Å². The first-order valence-corrected chi connectivity index (χ1v) is 8.45. The number of hydrogen-bond donors (Lipinski definition) is 2. The number of carbonyl (C=O) groups is 1. The van der Waals surface area contributed by atoms with Crippen LogP contribution in [0.4, 0.5) is 0 Å². The number of hydrogen-bond acceptors (Lipinski definition) is 3. The highest BCUT2D eigenvalue weighted by Crippen LogP contribution is 2.20. The van der Waals surface area contributed by atoms with Crippen molar-refractivity contribution in [1.29, 1.82) is 0 Å². The Balaban J connectivity index is 0.00000312. The summed E-state index contributed by atoms with van der Waals surface area (Å²) in [6.45, 7) is 2.40. The highest BCUT2D eigenvalue weighted by atomic mass is 127. The first-order valence-electron chi connectivity index (χ1n) is 8.45. The minimum atomic E-state index is -0.228. The van der Waals surface area contributed by atoms with E-state index in [1.807, 2.05) is 18.2 Å². The van der Waals surface area contributed by atoms with Crippen molar-refractivity contribution in [3.63, 3.8) is 0 Å². The molecule has 1 amide bonds. The summed E-state index contributed by atoms with van der Waals surface area (Å²) in [5.74, 6) is 0.928. The summed E-state index contributed by atoms with van der Waals surface area (Å²) in [6, 6.07) is 10.1. The minimum absolute atomic E-state index is 0. The van der Waals surface area contributed by atoms with Crippen molar-refractivity contribution in [2.45, 2.75) is 25.4 Å². The summed E-state index contributed by atoms with van der Waals surface area (Å²) in [4.78, 5) is 17.8. The fourth-order valence-corrected chi connectivity index (χ4v) is 3.23. The van der Waals surface area contributed by atoms with Gasteiger partial charge in [-0.05, 0) is 24.3 Å². The molecule has 1 fully saturated rings. The molecule has 0 aromatic heterocycles. The maximum absolute atomic E-state index is 11.2. The molecule has 0 bridgehead atoms. The van der Waals surface area contributed by atoms with E-state index in [1.165, 1.54) is 0 Å². The van der Waals surface area contributed by atoms with Gasteiger partial charge in [-0.1, -0.05) is 30.3 Å². The predicted molar refractivity (Wildman–Crippen MR) is 111 cm³/mol. The molecule has 0 aliphatic carbocycles. The predicted octanol–water partition coefficient (Wildman–Crippen LogP) is 2.15. The van der Waals surface area contributed by atoms with Gasteiger partial charge in [-0.3, -0.25) is 9.79 Å². The topological polar surface area (TPSA) is 80.0 Å². The number of ether oxygens (including phenoxy) is 1. The van der Waals surface area contributed by atoms with Crippen molar-refractivity contribution in [3.8, 4) is 0 Å². The lowest BCUT2D eigenvalue weighted by Crippen LogP contribution is -2.48. The lowest BCUT2D eigenvalue weighted by molar-refractivity contribution is -0.119. The van der Waals surface area contributed by atoms with Crippen molar-refractivity contribution < 1.29 is 9.53 Å². The molecule has 7 heteroatoms. The molecular formula is C18H29IN4O2. The molecule has 1 saturated heterocycles. The van der Waals surface area contributed by atoms with Crippen molar-refractivity contribution in [3.05, 3.63) is 35.9 Å². The van der Waals surface area contributed by atoms with E-state index in [0.29, 0.717) is 18.9 Å². The smallest absolute Gasteiger partial charge is 0.217 e. The third kappa shape index (κ3) is 6.81. The quantitative estimate of drug-likeness (QED) is 0.388. The van der Waals surface area contributed by atoms with Gasteiger partial charge in [0, 0.05) is 40.2 Å². The van der Waals surface area contributed by atoms with Gasteiger partial charge in [0.2, 0.25) is 5.91 Å². The summed E-state index contributed by atoms with van der Waals surface area (Å²) >= 11 is 0. The Morgan fingerprint density at radius 3 is 2.76 bits per heavy atom. The number of guanidine groups is 1. The monoisotopic (exact) mass is 460 g/mol. The molecule has 3 N–H and O–H groups in total. The number of benzene rings is 1. The average molecular weight is 460 g/mol. The molecule has 140 valence electrons. The van der Waals surface area contributed by atoms with Crippen LogP contribution in [0.25, 0.3) is 0 Å². The number of nitrogens with one attached hydrogen (secondary N) is 1. The van der Waals surface area contributed by atoms with Gasteiger partial charge in [0.05, 0.1) is 6.10 Å². The Bertz CT molecular complexity index is 553. The van der Waals surface area contributed by atoms with Gasteiger partial charge in [0.25, 0.3) is 0 Å². The van der Waals surface area contributed by atoms with Crippen LogP contribution in [0.2, 0.25) is 0 Å². The van der Waals surface area contributed by atoms with E-state index in [0.717, 1.165) is 37.5 Å². The molecule has 6 nitrogen and oxygen atoms in total. The third-order valence-corrected chi connectivity index (χ3v) is 4.42. The summed E-state index contributed by atoms with van der Waals surface area (Å²) in [6.07, 6.45) is 2.50. The third-order valence-electron chi connectivity index (χ3n) is 4.42. The van der Waals surface area contributed by atoms with Crippen LogP contribution >= 0.6 is 24.0 Å². The number of rotatable bonds is 6. The first-order chi connectivity index (χ1) is 11.6. The molecule has 25 heavy (non-hydrogen) atoms. The Labute approximate surface area is 167 Å². The van der Waals surface area contributed by atoms with Gasteiger partial charge in [-0.15, -0.1) is 24.0 Å². The number of amides is 1. The van der Waals surface area contributed by atoms with E-state index in [9.17, 15) is 4.79 Å². The van der Waals surface area contributed by atoms with Crippen LogP contribution in [0.1, 0.15) is 30.9 Å². The van der Waals surface area contributed by atoms with Gasteiger partial charge >= 0.3 is 0 Å². The standard InChI is InChI=1S/C18H28N4O2.HI/c1-20-18(22-10-6-7-14(13-22)11-17(19)23)21-12-16(24-2)15-8-4-3-5-9-15;/h3-5,8-9,14,16H,6-7,10-13H2,1-2H3,(H2,19,23)(H,20,21);1H. The second-order valence-electron chi connectivity index (χ2n) is 6.19. The fourth-order valence-electron chi connectivity index (χ4n) is 3.23. The molecular weight excluding hydrogens is 431 g/mol. The van der Waals surface area contributed by atoms with Crippen LogP contribution in [0.3, 0.4) is 0 Å². The largest absolute Gasteiger partial charge is 0.375 e. The highest BCUT2D eigenvalue weighted by molar-refractivity contribution is 14.0. The van der Waals surface area contributed by atoms with Crippen molar-refractivity contribution >= 4 is 35.8 Å². The molecule has 2 atom stereocenters. The maximum Gasteiger partial charge on any atom is 0.217 e. The van der Waals surface area contributed by atoms with Gasteiger partial charge in [-0.25, -0.2) is 0 Å². The number of aliphatic imine (C=N–C) groups is 1. The van der Waals surface area contributed by atoms with E-state index in [-0.39, 0.29) is 36.0 Å². The Morgan fingerprint density at radius 1 is 1.44 bits per heavy atom.